The topological polar surface area (TPSA) is 105 Å². The molecule has 33 heavy (non-hydrogen) atoms. The Hall–Kier alpha value is -3.85. The summed E-state index contributed by atoms with van der Waals surface area (Å²) in [6, 6.07) is 17.3. The Bertz CT molecular complexity index is 1420. The number of benzene rings is 3. The van der Waals surface area contributed by atoms with E-state index in [9.17, 15) is 8.42 Å². The van der Waals surface area contributed by atoms with Crippen molar-refractivity contribution in [2.45, 2.75) is 18.7 Å². The number of hydrogen-bond acceptors (Lipinski definition) is 7. The molecule has 0 spiro atoms. The van der Waals surface area contributed by atoms with Crippen LogP contribution in [-0.2, 0) is 10.0 Å². The average molecular weight is 464 g/mol. The van der Waals surface area contributed by atoms with E-state index < -0.39 is 10.0 Å². The molecule has 0 atom stereocenters. The highest BCUT2D eigenvalue weighted by atomic mass is 32.2. The van der Waals surface area contributed by atoms with Crippen LogP contribution in [0.4, 0.5) is 17.3 Å². The SMILES string of the molecule is COc1cc(Nc2nc3ccccc3nc2[N-]S(=O)(=O)c2ccc(C)c(C)c2)cc(OC)c1. The van der Waals surface area contributed by atoms with Gasteiger partial charge in [0.25, 0.3) is 0 Å². The van der Waals surface area contributed by atoms with Crippen molar-refractivity contribution in [3.05, 3.63) is 76.5 Å². The van der Waals surface area contributed by atoms with Crippen molar-refractivity contribution >= 4 is 38.4 Å². The third-order valence-corrected chi connectivity index (χ3v) is 6.41. The number of anilines is 2. The van der Waals surface area contributed by atoms with Crippen LogP contribution in [0, 0.1) is 13.8 Å². The highest BCUT2D eigenvalue weighted by Crippen LogP contribution is 2.36. The van der Waals surface area contributed by atoms with Crippen LogP contribution in [0.25, 0.3) is 15.8 Å². The monoisotopic (exact) mass is 463 g/mol. The summed E-state index contributed by atoms with van der Waals surface area (Å²) in [4.78, 5) is 9.14. The van der Waals surface area contributed by atoms with Crippen molar-refractivity contribution < 1.29 is 17.9 Å². The average Bonchev–Trinajstić information content (AvgIpc) is 2.80. The fourth-order valence-electron chi connectivity index (χ4n) is 3.20. The number of hydrogen-bond donors (Lipinski definition) is 1. The minimum absolute atomic E-state index is 0.0475. The standard InChI is InChI=1S/C24H23N4O4S/c1-15-9-10-20(11-16(15)2)33(29,30)28-24-23(26-21-7-5-6-8-22(21)27-24)25-17-12-18(31-3)14-19(13-17)32-4/h5-14H,1-4H3,(H-,25,26,27,28)/q-1. The molecule has 0 bridgehead atoms. The molecule has 0 aliphatic heterocycles. The fourth-order valence-corrected chi connectivity index (χ4v) is 4.22. The molecule has 8 nitrogen and oxygen atoms in total. The molecule has 1 aromatic heterocycles. The van der Waals surface area contributed by atoms with Gasteiger partial charge in [-0.1, -0.05) is 24.3 Å². The zero-order valence-corrected chi connectivity index (χ0v) is 19.5. The van der Waals surface area contributed by atoms with E-state index in [1.807, 2.05) is 19.9 Å². The number of aryl methyl sites for hydroxylation is 2. The molecule has 0 radical (unpaired) electrons. The minimum atomic E-state index is -4.03. The first-order chi connectivity index (χ1) is 15.8. The van der Waals surface area contributed by atoms with Crippen molar-refractivity contribution in [3.63, 3.8) is 0 Å². The molecule has 170 valence electrons. The first-order valence-corrected chi connectivity index (χ1v) is 11.6. The maximum Gasteiger partial charge on any atom is 0.202 e. The summed E-state index contributed by atoms with van der Waals surface area (Å²) in [6.07, 6.45) is 0. The molecule has 0 unspecified atom stereocenters. The number of fused-ring (bicyclic) bond motifs is 1. The lowest BCUT2D eigenvalue weighted by Crippen LogP contribution is -2.03. The van der Waals surface area contributed by atoms with Gasteiger partial charge in [-0.2, -0.15) is 0 Å². The Labute approximate surface area is 192 Å². The Kier molecular flexibility index (Phi) is 6.06. The van der Waals surface area contributed by atoms with Crippen molar-refractivity contribution in [2.24, 2.45) is 0 Å². The molecule has 0 saturated carbocycles. The molecule has 1 heterocycles. The summed E-state index contributed by atoms with van der Waals surface area (Å²) < 4.78 is 40.9. The predicted molar refractivity (Wildman–Crippen MR) is 128 cm³/mol. The number of sulfonamides is 1. The van der Waals surface area contributed by atoms with Crippen LogP contribution in [0.5, 0.6) is 11.5 Å². The van der Waals surface area contributed by atoms with E-state index in [-0.39, 0.29) is 16.5 Å². The summed E-state index contributed by atoms with van der Waals surface area (Å²) in [7, 11) is -0.935. The zero-order chi connectivity index (χ0) is 23.6. The van der Waals surface area contributed by atoms with E-state index in [0.717, 1.165) is 11.1 Å². The second-order valence-electron chi connectivity index (χ2n) is 7.42. The maximum atomic E-state index is 13.1. The smallest absolute Gasteiger partial charge is 0.202 e. The molecule has 0 amide bonds. The van der Waals surface area contributed by atoms with E-state index >= 15 is 0 Å². The van der Waals surface area contributed by atoms with Gasteiger partial charge in [0.05, 0.1) is 24.6 Å². The van der Waals surface area contributed by atoms with Gasteiger partial charge in [-0.05, 0) is 54.5 Å². The second-order valence-corrected chi connectivity index (χ2v) is 9.03. The lowest BCUT2D eigenvalue weighted by Gasteiger charge is -2.22. The van der Waals surface area contributed by atoms with Crippen LogP contribution < -0.4 is 14.8 Å². The first-order valence-electron chi connectivity index (χ1n) is 10.1. The van der Waals surface area contributed by atoms with Gasteiger partial charge in [-0.15, -0.1) is 0 Å². The van der Waals surface area contributed by atoms with E-state index in [1.54, 1.807) is 62.8 Å². The fraction of sp³-hybridized carbons (Fsp3) is 0.167. The molecule has 1 N–H and O–H groups in total. The van der Waals surface area contributed by atoms with Gasteiger partial charge in [0.15, 0.2) is 0 Å². The number of rotatable bonds is 7. The van der Waals surface area contributed by atoms with Gasteiger partial charge >= 0.3 is 0 Å². The Morgan fingerprint density at radius 1 is 0.818 bits per heavy atom. The van der Waals surface area contributed by atoms with Crippen molar-refractivity contribution in [1.29, 1.82) is 0 Å². The van der Waals surface area contributed by atoms with Crippen molar-refractivity contribution in [2.75, 3.05) is 19.5 Å². The van der Waals surface area contributed by atoms with Gasteiger partial charge in [0.2, 0.25) is 10.0 Å². The molecule has 0 saturated heterocycles. The molecular weight excluding hydrogens is 440 g/mol. The predicted octanol–water partition coefficient (Wildman–Crippen LogP) is 5.40. The molecule has 4 aromatic rings. The van der Waals surface area contributed by atoms with Crippen molar-refractivity contribution in [3.8, 4) is 11.5 Å². The first kappa shape index (κ1) is 22.3. The molecule has 9 heteroatoms. The molecular formula is C24H23N4O4S-. The lowest BCUT2D eigenvalue weighted by molar-refractivity contribution is 0.395. The molecule has 0 aliphatic rings. The van der Waals surface area contributed by atoms with E-state index in [1.165, 1.54) is 6.07 Å². The zero-order valence-electron chi connectivity index (χ0n) is 18.7. The Morgan fingerprint density at radius 2 is 1.45 bits per heavy atom. The van der Waals surface area contributed by atoms with Gasteiger partial charge < -0.3 is 24.5 Å². The van der Waals surface area contributed by atoms with Crippen LogP contribution in [0.1, 0.15) is 11.1 Å². The third kappa shape index (κ3) is 4.83. The molecule has 3 aromatic carbocycles. The minimum Gasteiger partial charge on any atom is -0.497 e. The maximum absolute atomic E-state index is 13.1. The normalized spacial score (nSPS) is 11.3. The number of aromatic nitrogens is 2. The lowest BCUT2D eigenvalue weighted by atomic mass is 10.1. The van der Waals surface area contributed by atoms with Crippen molar-refractivity contribution in [1.82, 2.24) is 9.97 Å². The van der Waals surface area contributed by atoms with E-state index in [2.05, 4.69) is 20.0 Å². The van der Waals surface area contributed by atoms with Gasteiger partial charge in [0.1, 0.15) is 17.3 Å². The largest absolute Gasteiger partial charge is 0.497 e. The van der Waals surface area contributed by atoms with Crippen LogP contribution in [-0.4, -0.2) is 32.6 Å². The van der Waals surface area contributed by atoms with E-state index in [4.69, 9.17) is 9.47 Å². The number of nitrogens with one attached hydrogen (secondary N) is 1. The van der Waals surface area contributed by atoms with E-state index in [0.29, 0.717) is 28.2 Å². The summed E-state index contributed by atoms with van der Waals surface area (Å²) in [6.45, 7) is 3.77. The highest BCUT2D eigenvalue weighted by molar-refractivity contribution is 7.94. The summed E-state index contributed by atoms with van der Waals surface area (Å²) in [5, 5.41) is 3.12. The third-order valence-electron chi connectivity index (χ3n) is 5.15. The quantitative estimate of drug-likeness (QED) is 0.391. The number of nitrogens with zero attached hydrogens (tertiary/aromatic N) is 3. The number of para-hydroxylation sites is 2. The molecule has 4 rings (SSSR count). The van der Waals surface area contributed by atoms with Crippen LogP contribution in [0.15, 0.2) is 65.6 Å². The summed E-state index contributed by atoms with van der Waals surface area (Å²) in [5.74, 6) is 1.27. The Morgan fingerprint density at radius 3 is 2.06 bits per heavy atom. The molecule has 0 fully saturated rings. The summed E-state index contributed by atoms with van der Waals surface area (Å²) in [5.41, 5.74) is 3.56. The number of ether oxygens (including phenoxy) is 2. The van der Waals surface area contributed by atoms with Crippen LogP contribution in [0.2, 0.25) is 0 Å². The van der Waals surface area contributed by atoms with Gasteiger partial charge in [-0.25, -0.2) is 13.4 Å². The molecule has 0 aliphatic carbocycles. The number of methoxy groups -OCH3 is 2. The summed E-state index contributed by atoms with van der Waals surface area (Å²) >= 11 is 0. The highest BCUT2D eigenvalue weighted by Gasteiger charge is 2.14. The van der Waals surface area contributed by atoms with Gasteiger partial charge in [0, 0.05) is 23.9 Å². The van der Waals surface area contributed by atoms with Crippen LogP contribution in [0.3, 0.4) is 0 Å². The van der Waals surface area contributed by atoms with Gasteiger partial charge in [-0.3, -0.25) is 0 Å². The second kappa shape index (κ2) is 8.95. The Balaban J connectivity index is 1.79. The van der Waals surface area contributed by atoms with Crippen LogP contribution >= 0.6 is 0 Å².